The highest BCUT2D eigenvalue weighted by Gasteiger charge is 2.29. The molecule has 0 spiro atoms. The fourth-order valence-corrected chi connectivity index (χ4v) is 11.6. The number of benzene rings is 7. The summed E-state index contributed by atoms with van der Waals surface area (Å²) in [5.41, 5.74) is 20.7. The molecule has 10 aromatic rings. The van der Waals surface area contributed by atoms with Crippen LogP contribution in [0.1, 0.15) is 216 Å². The molecular weight excluding hydrogens is 1070 g/mol. The molecule has 0 aliphatic heterocycles. The van der Waals surface area contributed by atoms with Crippen LogP contribution in [0.15, 0.2) is 140 Å². The Bertz CT molecular complexity index is 4020. The highest BCUT2D eigenvalue weighted by Crippen LogP contribution is 2.43. The fraction of sp³-hybridized carbons (Fsp3) is 0.402. The number of hydrogen-bond donors (Lipinski definition) is 0. The lowest BCUT2D eigenvalue weighted by molar-refractivity contribution is 0.568. The molecule has 7 aromatic carbocycles. The second kappa shape index (κ2) is 21.9. The van der Waals surface area contributed by atoms with Gasteiger partial charge in [-0.2, -0.15) is 0 Å². The Balaban J connectivity index is 1.36. The Kier molecular flexibility index (Phi) is 15.8. The van der Waals surface area contributed by atoms with E-state index in [4.69, 9.17) is 24.9 Å². The average molecular weight is 1170 g/mol. The number of aryl methyl sites for hydroxylation is 1. The van der Waals surface area contributed by atoms with Gasteiger partial charge >= 0.3 is 0 Å². The zero-order chi connectivity index (χ0) is 64.4. The van der Waals surface area contributed by atoms with E-state index in [1.807, 2.05) is 0 Å². The first-order chi connectivity index (χ1) is 40.5. The second-order valence-electron chi connectivity index (χ2n) is 33.6. The SMILES string of the molecule is Cc1ccc2c(c1)c1ccccc1n2-c1ccc(-c2cc(-c3cc(C(C)(C)C)cc(C(C)(C)C)c3)nc(-c3cc(C(C)(C)C)cc(C(C)(C)C)c3)n2)cc1-c1nc(-c2cc(C(C)(C)C)cc(C(C)(C)C)c2)nc(-c2cc(C(C)(C)C)cc(C(C)(C)C)c2)n1. The molecule has 10 rings (SSSR count). The summed E-state index contributed by atoms with van der Waals surface area (Å²) in [6, 6.07) is 52.7. The third kappa shape index (κ3) is 13.1. The van der Waals surface area contributed by atoms with Crippen molar-refractivity contribution in [2.75, 3.05) is 0 Å². The predicted octanol–water partition coefficient (Wildman–Crippen LogP) is 22.4. The summed E-state index contributed by atoms with van der Waals surface area (Å²) in [7, 11) is 0. The van der Waals surface area contributed by atoms with Gasteiger partial charge < -0.3 is 4.57 Å². The van der Waals surface area contributed by atoms with Crippen molar-refractivity contribution in [3.63, 3.8) is 0 Å². The van der Waals surface area contributed by atoms with Gasteiger partial charge in [0.1, 0.15) is 0 Å². The molecule has 0 aliphatic carbocycles. The van der Waals surface area contributed by atoms with E-state index in [-0.39, 0.29) is 43.3 Å². The Morgan fingerprint density at radius 2 is 0.591 bits per heavy atom. The Labute approximate surface area is 528 Å². The molecular formula is C82H98N6. The van der Waals surface area contributed by atoms with Gasteiger partial charge in [0.25, 0.3) is 0 Å². The number of fused-ring (bicyclic) bond motifs is 3. The maximum atomic E-state index is 5.76. The molecule has 456 valence electrons. The lowest BCUT2D eigenvalue weighted by atomic mass is 9.79. The standard InChI is InChI=1S/C82H98N6/c1-49-30-32-69-64(34-49)63-28-26-27-29-68(63)88(69)70-33-31-50(66-48-67(51-35-55(75(2,3)4)44-56(36-51)76(5,6)7)84-71(83-66)52-37-57(77(8,9)10)45-58(38-52)78(11,12)13)43-65(70)74-86-72(53-39-59(79(14,15)16)46-60(40-53)80(17,18)19)85-73(87-74)54-41-61(81(20,21)22)47-62(42-54)82(23,24)25/h26-48H,1-25H3. The molecule has 88 heavy (non-hydrogen) atoms. The van der Waals surface area contributed by atoms with Crippen molar-refractivity contribution in [3.8, 4) is 73.8 Å². The van der Waals surface area contributed by atoms with Gasteiger partial charge in [-0.1, -0.05) is 226 Å². The molecule has 0 N–H and O–H groups in total. The van der Waals surface area contributed by atoms with E-state index >= 15 is 0 Å². The summed E-state index contributed by atoms with van der Waals surface area (Å²) in [5.74, 6) is 2.49. The summed E-state index contributed by atoms with van der Waals surface area (Å²) in [6.45, 7) is 57.2. The van der Waals surface area contributed by atoms with Crippen LogP contribution < -0.4 is 0 Å². The van der Waals surface area contributed by atoms with E-state index in [0.717, 1.165) is 61.5 Å². The van der Waals surface area contributed by atoms with Gasteiger partial charge in [0.2, 0.25) is 0 Å². The van der Waals surface area contributed by atoms with Gasteiger partial charge in [-0.15, -0.1) is 0 Å². The van der Waals surface area contributed by atoms with Crippen molar-refractivity contribution >= 4 is 21.8 Å². The Morgan fingerprint density at radius 3 is 0.977 bits per heavy atom. The molecule has 0 saturated carbocycles. The van der Waals surface area contributed by atoms with E-state index < -0.39 is 0 Å². The summed E-state index contributed by atoms with van der Waals surface area (Å²) >= 11 is 0. The van der Waals surface area contributed by atoms with E-state index in [1.165, 1.54) is 60.8 Å². The number of hydrogen-bond acceptors (Lipinski definition) is 5. The van der Waals surface area contributed by atoms with Crippen LogP contribution in [0.2, 0.25) is 0 Å². The van der Waals surface area contributed by atoms with E-state index in [0.29, 0.717) is 23.3 Å². The first-order valence-electron chi connectivity index (χ1n) is 32.0. The Hall–Kier alpha value is -7.57. The minimum Gasteiger partial charge on any atom is -0.309 e. The molecule has 3 aromatic heterocycles. The number of aromatic nitrogens is 6. The summed E-state index contributed by atoms with van der Waals surface area (Å²) < 4.78 is 2.41. The molecule has 0 aliphatic rings. The van der Waals surface area contributed by atoms with Crippen LogP contribution in [0.3, 0.4) is 0 Å². The van der Waals surface area contributed by atoms with Crippen LogP contribution in [-0.2, 0) is 43.3 Å². The number of para-hydroxylation sites is 1. The van der Waals surface area contributed by atoms with Gasteiger partial charge in [0.15, 0.2) is 23.3 Å². The van der Waals surface area contributed by atoms with Crippen LogP contribution in [0.5, 0.6) is 0 Å². The zero-order valence-electron chi connectivity index (χ0n) is 58.0. The topological polar surface area (TPSA) is 69.4 Å². The quantitative estimate of drug-likeness (QED) is 0.159. The Morgan fingerprint density at radius 1 is 0.261 bits per heavy atom. The average Bonchev–Trinajstić information content (AvgIpc) is 1.55. The van der Waals surface area contributed by atoms with Crippen molar-refractivity contribution in [2.24, 2.45) is 0 Å². The van der Waals surface area contributed by atoms with E-state index in [9.17, 15) is 0 Å². The first-order valence-corrected chi connectivity index (χ1v) is 32.0. The summed E-state index contributed by atoms with van der Waals surface area (Å²) in [4.78, 5) is 28.5. The monoisotopic (exact) mass is 1170 g/mol. The predicted molar refractivity (Wildman–Crippen MR) is 377 cm³/mol. The van der Waals surface area contributed by atoms with Crippen molar-refractivity contribution in [2.45, 2.75) is 216 Å². The van der Waals surface area contributed by atoms with Crippen LogP contribution in [0.25, 0.3) is 95.6 Å². The largest absolute Gasteiger partial charge is 0.309 e. The smallest absolute Gasteiger partial charge is 0.166 e. The van der Waals surface area contributed by atoms with Gasteiger partial charge in [-0.3, -0.25) is 0 Å². The molecule has 0 bridgehead atoms. The van der Waals surface area contributed by atoms with Crippen molar-refractivity contribution in [1.29, 1.82) is 0 Å². The van der Waals surface area contributed by atoms with Gasteiger partial charge in [0, 0.05) is 44.2 Å². The van der Waals surface area contributed by atoms with Gasteiger partial charge in [-0.05, 0) is 180 Å². The van der Waals surface area contributed by atoms with Crippen LogP contribution in [-0.4, -0.2) is 29.5 Å². The lowest BCUT2D eigenvalue weighted by Crippen LogP contribution is -2.17. The molecule has 3 heterocycles. The lowest BCUT2D eigenvalue weighted by Gasteiger charge is -2.27. The normalized spacial score (nSPS) is 13.3. The van der Waals surface area contributed by atoms with Crippen LogP contribution in [0.4, 0.5) is 0 Å². The van der Waals surface area contributed by atoms with Crippen LogP contribution >= 0.6 is 0 Å². The number of nitrogens with zero attached hydrogens (tertiary/aromatic N) is 6. The highest BCUT2D eigenvalue weighted by atomic mass is 15.1. The minimum absolute atomic E-state index is 0.111. The molecule has 6 nitrogen and oxygen atoms in total. The van der Waals surface area contributed by atoms with Gasteiger partial charge in [-0.25, -0.2) is 24.9 Å². The second-order valence-corrected chi connectivity index (χ2v) is 33.6. The molecule has 0 radical (unpaired) electrons. The van der Waals surface area contributed by atoms with Crippen LogP contribution in [0, 0.1) is 6.92 Å². The molecule has 6 heteroatoms. The van der Waals surface area contributed by atoms with Crippen molar-refractivity contribution in [1.82, 2.24) is 29.5 Å². The highest BCUT2D eigenvalue weighted by molar-refractivity contribution is 6.10. The van der Waals surface area contributed by atoms with Gasteiger partial charge in [0.05, 0.1) is 28.1 Å². The maximum absolute atomic E-state index is 5.76. The molecule has 0 atom stereocenters. The summed E-state index contributed by atoms with van der Waals surface area (Å²) in [5, 5.41) is 2.37. The zero-order valence-corrected chi connectivity index (χ0v) is 58.0. The molecule has 0 unspecified atom stereocenters. The third-order valence-corrected chi connectivity index (χ3v) is 17.7. The van der Waals surface area contributed by atoms with Crippen molar-refractivity contribution < 1.29 is 0 Å². The summed E-state index contributed by atoms with van der Waals surface area (Å²) in [6.07, 6.45) is 0. The maximum Gasteiger partial charge on any atom is 0.166 e. The van der Waals surface area contributed by atoms with E-state index in [1.54, 1.807) is 0 Å². The molecule has 0 amide bonds. The molecule has 0 fully saturated rings. The minimum atomic E-state index is -0.145. The fourth-order valence-electron chi connectivity index (χ4n) is 11.6. The van der Waals surface area contributed by atoms with Crippen molar-refractivity contribution in [3.05, 3.63) is 190 Å². The third-order valence-electron chi connectivity index (χ3n) is 17.7. The number of rotatable bonds is 7. The molecule has 0 saturated heterocycles. The first kappa shape index (κ1) is 63.4. The van der Waals surface area contributed by atoms with E-state index in [2.05, 4.69) is 317 Å².